The van der Waals surface area contributed by atoms with Crippen molar-refractivity contribution < 1.29 is 17.7 Å². The first-order valence-corrected chi connectivity index (χ1v) is 10.8. The molecule has 0 saturated carbocycles. The molecule has 1 amide bonds. The fourth-order valence-electron chi connectivity index (χ4n) is 2.59. The number of anilines is 1. The van der Waals surface area contributed by atoms with E-state index >= 15 is 0 Å². The van der Waals surface area contributed by atoms with Crippen LogP contribution in [0, 0.1) is 6.92 Å². The van der Waals surface area contributed by atoms with Gasteiger partial charge < -0.3 is 9.84 Å². The second kappa shape index (κ2) is 8.62. The molecule has 0 bridgehead atoms. The summed E-state index contributed by atoms with van der Waals surface area (Å²) in [6.07, 6.45) is 1.05. The molecule has 1 N–H and O–H groups in total. The Hall–Kier alpha value is -2.91. The van der Waals surface area contributed by atoms with E-state index in [4.69, 9.17) is 16.1 Å². The van der Waals surface area contributed by atoms with Gasteiger partial charge in [-0.25, -0.2) is 8.42 Å². The molecule has 0 unspecified atom stereocenters. The van der Waals surface area contributed by atoms with Crippen LogP contribution < -0.4 is 9.62 Å². The van der Waals surface area contributed by atoms with E-state index in [0.29, 0.717) is 16.5 Å². The van der Waals surface area contributed by atoms with E-state index < -0.39 is 15.9 Å². The molecule has 0 radical (unpaired) electrons. The van der Waals surface area contributed by atoms with E-state index in [1.54, 1.807) is 42.5 Å². The van der Waals surface area contributed by atoms with E-state index in [-0.39, 0.29) is 19.0 Å². The summed E-state index contributed by atoms with van der Waals surface area (Å²) in [5, 5.41) is 7.05. The van der Waals surface area contributed by atoms with Crippen LogP contribution in [0.4, 0.5) is 5.69 Å². The Morgan fingerprint density at radius 3 is 2.59 bits per heavy atom. The predicted molar refractivity (Wildman–Crippen MR) is 110 cm³/mol. The summed E-state index contributed by atoms with van der Waals surface area (Å²) < 4.78 is 30.4. The number of sulfonamides is 1. The third-order valence-electron chi connectivity index (χ3n) is 3.98. The molecule has 0 aliphatic rings. The lowest BCUT2D eigenvalue weighted by atomic mass is 10.2. The summed E-state index contributed by atoms with van der Waals surface area (Å²) in [5.74, 6) is 0.0661. The fraction of sp³-hybridized carbons (Fsp3) is 0.211. The molecule has 10 heteroatoms. The smallest absolute Gasteiger partial charge is 0.246 e. The average Bonchev–Trinajstić information content (AvgIpc) is 3.13. The highest BCUT2D eigenvalue weighted by molar-refractivity contribution is 7.92. The molecule has 0 saturated heterocycles. The summed E-state index contributed by atoms with van der Waals surface area (Å²) in [6.45, 7) is 1.46. The summed E-state index contributed by atoms with van der Waals surface area (Å²) in [6, 6.07) is 13.8. The van der Waals surface area contributed by atoms with Crippen LogP contribution in [-0.2, 0) is 21.4 Å². The fourth-order valence-corrected chi connectivity index (χ4v) is 3.56. The first kappa shape index (κ1) is 20.8. The van der Waals surface area contributed by atoms with Crippen molar-refractivity contribution in [1.82, 2.24) is 15.5 Å². The number of benzene rings is 2. The molecule has 0 fully saturated rings. The maximum Gasteiger partial charge on any atom is 0.246 e. The molecule has 3 aromatic rings. The monoisotopic (exact) mass is 434 g/mol. The van der Waals surface area contributed by atoms with Gasteiger partial charge in [-0.2, -0.15) is 4.98 Å². The van der Waals surface area contributed by atoms with Gasteiger partial charge in [-0.05, 0) is 48.9 Å². The van der Waals surface area contributed by atoms with Gasteiger partial charge in [0, 0.05) is 10.6 Å². The number of hydrogen-bond donors (Lipinski definition) is 1. The van der Waals surface area contributed by atoms with Crippen LogP contribution in [0.3, 0.4) is 0 Å². The number of aromatic nitrogens is 2. The normalized spacial score (nSPS) is 11.3. The van der Waals surface area contributed by atoms with Crippen molar-refractivity contribution in [1.29, 1.82) is 0 Å². The molecular formula is C19H19ClN4O4S. The van der Waals surface area contributed by atoms with Gasteiger partial charge in [-0.1, -0.05) is 28.9 Å². The maximum absolute atomic E-state index is 12.3. The van der Waals surface area contributed by atoms with Crippen molar-refractivity contribution in [2.24, 2.45) is 0 Å². The molecule has 0 spiro atoms. The Balaban J connectivity index is 1.65. The molecule has 1 heterocycles. The van der Waals surface area contributed by atoms with Crippen LogP contribution in [0.1, 0.15) is 11.5 Å². The minimum atomic E-state index is -3.64. The van der Waals surface area contributed by atoms with Crippen molar-refractivity contribution in [2.75, 3.05) is 17.1 Å². The number of rotatable bonds is 7. The van der Waals surface area contributed by atoms with Gasteiger partial charge >= 0.3 is 0 Å². The van der Waals surface area contributed by atoms with Crippen molar-refractivity contribution in [3.8, 4) is 11.4 Å². The summed E-state index contributed by atoms with van der Waals surface area (Å²) in [4.78, 5) is 16.5. The zero-order valence-corrected chi connectivity index (χ0v) is 17.4. The van der Waals surface area contributed by atoms with Crippen LogP contribution in [-0.4, -0.2) is 37.3 Å². The molecule has 152 valence electrons. The van der Waals surface area contributed by atoms with Crippen LogP contribution in [0.25, 0.3) is 11.4 Å². The van der Waals surface area contributed by atoms with Crippen LogP contribution in [0.2, 0.25) is 5.02 Å². The molecule has 0 aliphatic carbocycles. The quantitative estimate of drug-likeness (QED) is 0.613. The lowest BCUT2D eigenvalue weighted by Crippen LogP contribution is -2.40. The zero-order valence-electron chi connectivity index (χ0n) is 15.8. The molecule has 3 rings (SSSR count). The maximum atomic E-state index is 12.3. The van der Waals surface area contributed by atoms with E-state index in [1.807, 2.05) is 13.0 Å². The lowest BCUT2D eigenvalue weighted by molar-refractivity contribution is -0.119. The van der Waals surface area contributed by atoms with Gasteiger partial charge in [0.05, 0.1) is 18.5 Å². The standard InChI is InChI=1S/C19H19ClN4O4S/c1-13-4-3-5-16(10-13)24(29(2,26)27)12-17(25)21-11-18-22-19(23-28-18)14-6-8-15(20)9-7-14/h3-10H,11-12H2,1-2H3,(H,21,25). The molecule has 1 aromatic heterocycles. The van der Waals surface area contributed by atoms with E-state index in [9.17, 15) is 13.2 Å². The third kappa shape index (κ3) is 5.55. The zero-order chi connectivity index (χ0) is 21.0. The number of amides is 1. The SMILES string of the molecule is Cc1cccc(N(CC(=O)NCc2nc(-c3ccc(Cl)cc3)no2)S(C)(=O)=O)c1. The Morgan fingerprint density at radius 2 is 1.93 bits per heavy atom. The Bertz CT molecular complexity index is 1110. The number of hydrogen-bond acceptors (Lipinski definition) is 6. The van der Waals surface area contributed by atoms with Crippen molar-refractivity contribution >= 4 is 33.2 Å². The average molecular weight is 435 g/mol. The van der Waals surface area contributed by atoms with Gasteiger partial charge in [-0.3, -0.25) is 9.10 Å². The number of aryl methyl sites for hydroxylation is 1. The van der Waals surface area contributed by atoms with E-state index in [2.05, 4.69) is 15.5 Å². The first-order valence-electron chi connectivity index (χ1n) is 8.62. The molecule has 8 nitrogen and oxygen atoms in total. The minimum absolute atomic E-state index is 0.0230. The van der Waals surface area contributed by atoms with Crippen LogP contribution in [0.15, 0.2) is 53.1 Å². The van der Waals surface area contributed by atoms with Gasteiger partial charge in [-0.15, -0.1) is 0 Å². The second-order valence-corrected chi connectivity index (χ2v) is 8.75. The highest BCUT2D eigenvalue weighted by Crippen LogP contribution is 2.20. The third-order valence-corrected chi connectivity index (χ3v) is 5.38. The summed E-state index contributed by atoms with van der Waals surface area (Å²) in [7, 11) is -3.64. The van der Waals surface area contributed by atoms with Gasteiger partial charge in [0.2, 0.25) is 27.6 Å². The van der Waals surface area contributed by atoms with Crippen LogP contribution in [0.5, 0.6) is 0 Å². The molecule has 0 aliphatic heterocycles. The molecular weight excluding hydrogens is 416 g/mol. The Kier molecular flexibility index (Phi) is 6.19. The number of nitrogens with one attached hydrogen (secondary N) is 1. The second-order valence-electron chi connectivity index (χ2n) is 6.40. The molecule has 29 heavy (non-hydrogen) atoms. The predicted octanol–water partition coefficient (Wildman–Crippen LogP) is 2.78. The summed E-state index contributed by atoms with van der Waals surface area (Å²) >= 11 is 5.86. The van der Waals surface area contributed by atoms with Gasteiger partial charge in [0.25, 0.3) is 0 Å². The highest BCUT2D eigenvalue weighted by Gasteiger charge is 2.21. The van der Waals surface area contributed by atoms with Crippen molar-refractivity contribution in [3.05, 3.63) is 65.0 Å². The summed E-state index contributed by atoms with van der Waals surface area (Å²) in [5.41, 5.74) is 2.03. The number of carbonyl (C=O) groups excluding carboxylic acids is 1. The highest BCUT2D eigenvalue weighted by atomic mass is 35.5. The number of nitrogens with zero attached hydrogens (tertiary/aromatic N) is 3. The van der Waals surface area contributed by atoms with Crippen molar-refractivity contribution in [2.45, 2.75) is 13.5 Å². The van der Waals surface area contributed by atoms with E-state index in [0.717, 1.165) is 21.7 Å². The first-order chi connectivity index (χ1) is 13.7. The molecule has 2 aromatic carbocycles. The molecule has 0 atom stereocenters. The van der Waals surface area contributed by atoms with Crippen molar-refractivity contribution in [3.63, 3.8) is 0 Å². The minimum Gasteiger partial charge on any atom is -0.345 e. The number of carbonyl (C=O) groups is 1. The number of halogens is 1. The Labute approximate surface area is 173 Å². The topological polar surface area (TPSA) is 105 Å². The van der Waals surface area contributed by atoms with Crippen LogP contribution >= 0.6 is 11.6 Å². The lowest BCUT2D eigenvalue weighted by Gasteiger charge is -2.22. The van der Waals surface area contributed by atoms with Gasteiger partial charge in [0.1, 0.15) is 6.54 Å². The largest absolute Gasteiger partial charge is 0.345 e. The Morgan fingerprint density at radius 1 is 1.21 bits per heavy atom. The van der Waals surface area contributed by atoms with Gasteiger partial charge in [0.15, 0.2) is 0 Å². The van der Waals surface area contributed by atoms with E-state index in [1.165, 1.54) is 0 Å².